The second-order valence-corrected chi connectivity index (χ2v) is 9.08. The van der Waals surface area contributed by atoms with E-state index in [0.717, 1.165) is 68.7 Å². The maximum absolute atomic E-state index is 13.6. The lowest BCUT2D eigenvalue weighted by molar-refractivity contribution is 0.126. The summed E-state index contributed by atoms with van der Waals surface area (Å²) in [6, 6.07) is 10.3. The summed E-state index contributed by atoms with van der Waals surface area (Å²) < 4.78 is 17.1. The first-order valence-electron chi connectivity index (χ1n) is 11.8. The van der Waals surface area contributed by atoms with Gasteiger partial charge in [0.1, 0.15) is 11.6 Å². The van der Waals surface area contributed by atoms with Crippen molar-refractivity contribution in [3.05, 3.63) is 65.1 Å². The van der Waals surface area contributed by atoms with Crippen molar-refractivity contribution < 1.29 is 9.50 Å². The van der Waals surface area contributed by atoms with Crippen LogP contribution in [0.1, 0.15) is 44.6 Å². The van der Waals surface area contributed by atoms with Gasteiger partial charge in [-0.05, 0) is 88.0 Å². The van der Waals surface area contributed by atoms with Crippen LogP contribution < -0.4 is 16.3 Å². The molecule has 3 aromatic rings. The maximum Gasteiger partial charge on any atom is 0.333 e. The van der Waals surface area contributed by atoms with Gasteiger partial charge in [0, 0.05) is 30.0 Å². The molecule has 1 aliphatic carbocycles. The molecule has 5 rings (SSSR count). The minimum Gasteiger partial charge on any atom is -0.393 e. The SMILES string of the molecule is Cl.Cl.O=c1n(C2CCNCC2)cc(-c2ccnc(NC3CCC(O)CC3)c2)n1-c1ccc(F)cc1. The number of halogens is 3. The number of aliphatic hydroxyl groups is 1. The van der Waals surface area contributed by atoms with Gasteiger partial charge in [0.05, 0.1) is 17.5 Å². The number of nitrogens with zero attached hydrogens (tertiary/aromatic N) is 3. The van der Waals surface area contributed by atoms with Crippen LogP contribution in [0, 0.1) is 5.82 Å². The third kappa shape index (κ3) is 6.06. The van der Waals surface area contributed by atoms with Crippen molar-refractivity contribution in [2.45, 2.75) is 56.7 Å². The minimum atomic E-state index is -0.334. The van der Waals surface area contributed by atoms with Crippen molar-refractivity contribution in [1.82, 2.24) is 19.4 Å². The van der Waals surface area contributed by atoms with Crippen LogP contribution in [0.3, 0.4) is 0 Å². The van der Waals surface area contributed by atoms with Crippen LogP contribution >= 0.6 is 24.8 Å². The Bertz CT molecular complexity index is 1150. The highest BCUT2D eigenvalue weighted by Crippen LogP contribution is 2.28. The fourth-order valence-corrected chi connectivity index (χ4v) is 4.95. The molecule has 2 fully saturated rings. The molecule has 3 heterocycles. The molecule has 0 atom stereocenters. The molecule has 1 aliphatic heterocycles. The molecular formula is C25H32Cl2FN5O2. The molecule has 1 aromatic carbocycles. The summed E-state index contributed by atoms with van der Waals surface area (Å²) in [5.41, 5.74) is 2.15. The number of pyridine rings is 1. The van der Waals surface area contributed by atoms with Gasteiger partial charge in [0.2, 0.25) is 0 Å². The third-order valence-electron chi connectivity index (χ3n) is 6.81. The van der Waals surface area contributed by atoms with E-state index in [0.29, 0.717) is 5.69 Å². The van der Waals surface area contributed by atoms with Gasteiger partial charge >= 0.3 is 5.69 Å². The van der Waals surface area contributed by atoms with Crippen molar-refractivity contribution in [3.8, 4) is 16.9 Å². The zero-order chi connectivity index (χ0) is 22.8. The number of aromatic nitrogens is 3. The van der Waals surface area contributed by atoms with Gasteiger partial charge in [-0.3, -0.25) is 9.13 Å². The molecule has 0 unspecified atom stereocenters. The molecule has 2 aromatic heterocycles. The molecule has 1 saturated heterocycles. The lowest BCUT2D eigenvalue weighted by Crippen LogP contribution is -2.34. The van der Waals surface area contributed by atoms with E-state index in [4.69, 9.17) is 0 Å². The third-order valence-corrected chi connectivity index (χ3v) is 6.81. The van der Waals surface area contributed by atoms with Crippen molar-refractivity contribution in [1.29, 1.82) is 0 Å². The maximum atomic E-state index is 13.6. The van der Waals surface area contributed by atoms with Crippen LogP contribution in [0.4, 0.5) is 10.2 Å². The number of piperidine rings is 1. The van der Waals surface area contributed by atoms with E-state index in [1.165, 1.54) is 12.1 Å². The minimum absolute atomic E-state index is 0. The molecule has 190 valence electrons. The quantitative estimate of drug-likeness (QED) is 0.463. The largest absolute Gasteiger partial charge is 0.393 e. The number of benzene rings is 1. The fourth-order valence-electron chi connectivity index (χ4n) is 4.95. The predicted octanol–water partition coefficient (Wildman–Crippen LogP) is 4.32. The second kappa shape index (κ2) is 12.0. The van der Waals surface area contributed by atoms with Gasteiger partial charge < -0.3 is 15.7 Å². The number of hydrogen-bond acceptors (Lipinski definition) is 5. The van der Waals surface area contributed by atoms with Gasteiger partial charge in [0.25, 0.3) is 0 Å². The summed E-state index contributed by atoms with van der Waals surface area (Å²) in [6.07, 6.45) is 8.64. The molecule has 0 amide bonds. The molecule has 2 aliphatic rings. The van der Waals surface area contributed by atoms with Crippen molar-refractivity contribution in [3.63, 3.8) is 0 Å². The average molecular weight is 524 g/mol. The Kier molecular flexibility index (Phi) is 9.35. The van der Waals surface area contributed by atoms with E-state index < -0.39 is 0 Å². The topological polar surface area (TPSA) is 84.1 Å². The molecule has 0 radical (unpaired) electrons. The highest BCUT2D eigenvalue weighted by Gasteiger charge is 2.23. The average Bonchev–Trinajstić information content (AvgIpc) is 3.19. The monoisotopic (exact) mass is 523 g/mol. The summed E-state index contributed by atoms with van der Waals surface area (Å²) in [4.78, 5) is 18.0. The Balaban J connectivity index is 0.00000171. The van der Waals surface area contributed by atoms with Crippen LogP contribution in [0.5, 0.6) is 0 Å². The number of hydrogen-bond donors (Lipinski definition) is 3. The normalized spacial score (nSPS) is 20.5. The molecule has 3 N–H and O–H groups in total. The summed E-state index contributed by atoms with van der Waals surface area (Å²) in [6.45, 7) is 1.77. The van der Waals surface area contributed by atoms with E-state index >= 15 is 0 Å². The summed E-state index contributed by atoms with van der Waals surface area (Å²) >= 11 is 0. The Morgan fingerprint density at radius 3 is 2.37 bits per heavy atom. The van der Waals surface area contributed by atoms with Gasteiger partial charge in [-0.1, -0.05) is 0 Å². The van der Waals surface area contributed by atoms with Crippen molar-refractivity contribution in [2.24, 2.45) is 0 Å². The van der Waals surface area contributed by atoms with Crippen LogP contribution in [0.2, 0.25) is 0 Å². The first-order chi connectivity index (χ1) is 16.1. The fraction of sp³-hybridized carbons (Fsp3) is 0.440. The molecule has 0 spiro atoms. The summed E-state index contributed by atoms with van der Waals surface area (Å²) in [5, 5.41) is 16.6. The van der Waals surface area contributed by atoms with E-state index in [9.17, 15) is 14.3 Å². The lowest BCUT2D eigenvalue weighted by Gasteiger charge is -2.26. The first-order valence-corrected chi connectivity index (χ1v) is 11.8. The highest BCUT2D eigenvalue weighted by molar-refractivity contribution is 5.85. The zero-order valence-corrected chi connectivity index (χ0v) is 21.0. The lowest BCUT2D eigenvalue weighted by atomic mass is 9.93. The van der Waals surface area contributed by atoms with E-state index in [-0.39, 0.29) is 54.5 Å². The Morgan fingerprint density at radius 1 is 1.00 bits per heavy atom. The summed E-state index contributed by atoms with van der Waals surface area (Å²) in [7, 11) is 0. The Hall–Kier alpha value is -2.39. The van der Waals surface area contributed by atoms with Crippen LogP contribution in [-0.4, -0.2) is 44.5 Å². The molecule has 35 heavy (non-hydrogen) atoms. The number of aliphatic hydroxyl groups excluding tert-OH is 1. The van der Waals surface area contributed by atoms with Crippen molar-refractivity contribution in [2.75, 3.05) is 18.4 Å². The first kappa shape index (κ1) is 27.2. The summed E-state index contributed by atoms with van der Waals surface area (Å²) in [5.74, 6) is 0.417. The highest BCUT2D eigenvalue weighted by atomic mass is 35.5. The van der Waals surface area contributed by atoms with E-state index in [1.54, 1.807) is 22.9 Å². The number of nitrogens with one attached hydrogen (secondary N) is 2. The number of imidazole rings is 1. The molecular weight excluding hydrogens is 492 g/mol. The van der Waals surface area contributed by atoms with Crippen LogP contribution in [0.15, 0.2) is 53.6 Å². The number of rotatable bonds is 5. The Morgan fingerprint density at radius 2 is 1.69 bits per heavy atom. The Labute approximate surface area is 216 Å². The van der Waals surface area contributed by atoms with Gasteiger partial charge in [0.15, 0.2) is 0 Å². The van der Waals surface area contributed by atoms with E-state index in [1.807, 2.05) is 22.9 Å². The molecule has 1 saturated carbocycles. The smallest absolute Gasteiger partial charge is 0.333 e. The van der Waals surface area contributed by atoms with Gasteiger partial charge in [-0.2, -0.15) is 0 Å². The molecule has 10 heteroatoms. The van der Waals surface area contributed by atoms with Gasteiger partial charge in [-0.15, -0.1) is 24.8 Å². The van der Waals surface area contributed by atoms with Crippen molar-refractivity contribution >= 4 is 30.6 Å². The van der Waals surface area contributed by atoms with E-state index in [2.05, 4.69) is 15.6 Å². The standard InChI is InChI=1S/C25H30FN5O2.2ClH/c26-18-1-5-21(6-2-18)31-23(16-30(25(31)33)20-10-12-27-13-11-20)17-9-14-28-24(15-17)29-19-3-7-22(32)8-4-19;;/h1-2,5-6,9,14-16,19-20,22,27,32H,3-4,7-8,10-13H2,(H,28,29);2*1H. The molecule has 7 nitrogen and oxygen atoms in total. The van der Waals surface area contributed by atoms with Crippen LogP contribution in [-0.2, 0) is 0 Å². The predicted molar refractivity (Wildman–Crippen MR) is 141 cm³/mol. The molecule has 0 bridgehead atoms. The zero-order valence-electron chi connectivity index (χ0n) is 19.4. The van der Waals surface area contributed by atoms with Crippen LogP contribution in [0.25, 0.3) is 16.9 Å². The van der Waals surface area contributed by atoms with Gasteiger partial charge in [-0.25, -0.2) is 14.2 Å². The second-order valence-electron chi connectivity index (χ2n) is 9.08. The number of anilines is 1.